The summed E-state index contributed by atoms with van der Waals surface area (Å²) < 4.78 is 5.13. The van der Waals surface area contributed by atoms with Crippen LogP contribution in [0.25, 0.3) is 0 Å². The third kappa shape index (κ3) is 5.11. The van der Waals surface area contributed by atoms with E-state index in [1.807, 2.05) is 56.3 Å². The number of carbonyl (C=O) groups is 1. The Morgan fingerprint density at radius 2 is 1.70 bits per heavy atom. The molecule has 0 aromatic heterocycles. The average Bonchev–Trinajstić information content (AvgIpc) is 2.56. The summed E-state index contributed by atoms with van der Waals surface area (Å²) in [4.78, 5) is 12.0. The molecule has 0 saturated carbocycles. The lowest BCUT2D eigenvalue weighted by Gasteiger charge is -2.12. The number of nitrogens with one attached hydrogen (secondary N) is 2. The zero-order valence-electron chi connectivity index (χ0n) is 14.0. The van der Waals surface area contributed by atoms with Gasteiger partial charge < -0.3 is 15.4 Å². The molecule has 0 saturated heterocycles. The molecule has 2 N–H and O–H groups in total. The van der Waals surface area contributed by atoms with E-state index in [4.69, 9.17) is 4.74 Å². The van der Waals surface area contributed by atoms with Gasteiger partial charge in [-0.25, -0.2) is 0 Å². The highest BCUT2D eigenvalue weighted by Crippen LogP contribution is 2.19. The average molecular weight is 312 g/mol. The first-order chi connectivity index (χ1) is 11.1. The molecule has 4 heteroatoms. The maximum atomic E-state index is 12.0. The standard InChI is InChI=1S/C19H24N2O2/c1-14-5-4-6-15(2)19(14)21-18(22)13-20-12-11-16-7-9-17(23-3)10-8-16/h4-10,20H,11-13H2,1-3H3,(H,21,22). The summed E-state index contributed by atoms with van der Waals surface area (Å²) in [5.41, 5.74) is 4.29. The lowest BCUT2D eigenvalue weighted by atomic mass is 10.1. The Balaban J connectivity index is 1.74. The first-order valence-corrected chi connectivity index (χ1v) is 7.80. The smallest absolute Gasteiger partial charge is 0.238 e. The van der Waals surface area contributed by atoms with E-state index >= 15 is 0 Å². The van der Waals surface area contributed by atoms with Crippen LogP contribution in [0.1, 0.15) is 16.7 Å². The Bertz CT molecular complexity index is 631. The quantitative estimate of drug-likeness (QED) is 0.773. The molecule has 2 aromatic rings. The number of methoxy groups -OCH3 is 1. The first-order valence-electron chi connectivity index (χ1n) is 7.80. The number of anilines is 1. The van der Waals surface area contributed by atoms with Crippen molar-refractivity contribution in [1.82, 2.24) is 5.32 Å². The summed E-state index contributed by atoms with van der Waals surface area (Å²) in [6, 6.07) is 14.0. The van der Waals surface area contributed by atoms with Gasteiger partial charge in [0.2, 0.25) is 5.91 Å². The molecule has 0 bridgehead atoms. The zero-order chi connectivity index (χ0) is 16.7. The van der Waals surface area contributed by atoms with Gasteiger partial charge in [0, 0.05) is 5.69 Å². The van der Waals surface area contributed by atoms with Crippen molar-refractivity contribution in [2.75, 3.05) is 25.5 Å². The second-order valence-electron chi connectivity index (χ2n) is 5.59. The van der Waals surface area contributed by atoms with Gasteiger partial charge in [-0.05, 0) is 55.6 Å². The SMILES string of the molecule is COc1ccc(CCNCC(=O)Nc2c(C)cccc2C)cc1. The van der Waals surface area contributed by atoms with Crippen molar-refractivity contribution in [3.63, 3.8) is 0 Å². The minimum atomic E-state index is -0.0165. The molecule has 0 aliphatic heterocycles. The van der Waals surface area contributed by atoms with Gasteiger partial charge in [-0.1, -0.05) is 30.3 Å². The maximum Gasteiger partial charge on any atom is 0.238 e. The maximum absolute atomic E-state index is 12.0. The molecule has 0 aliphatic carbocycles. The molecule has 1 amide bonds. The van der Waals surface area contributed by atoms with Crippen LogP contribution in [0.2, 0.25) is 0 Å². The summed E-state index contributed by atoms with van der Waals surface area (Å²) in [6.45, 7) is 5.07. The molecular weight excluding hydrogens is 288 g/mol. The van der Waals surface area contributed by atoms with Gasteiger partial charge in [0.05, 0.1) is 13.7 Å². The predicted molar refractivity (Wildman–Crippen MR) is 94.1 cm³/mol. The van der Waals surface area contributed by atoms with Gasteiger partial charge in [-0.3, -0.25) is 4.79 Å². The molecule has 4 nitrogen and oxygen atoms in total. The van der Waals surface area contributed by atoms with Crippen LogP contribution < -0.4 is 15.4 Å². The van der Waals surface area contributed by atoms with E-state index < -0.39 is 0 Å². The minimum Gasteiger partial charge on any atom is -0.497 e. The molecule has 0 atom stereocenters. The number of hydrogen-bond donors (Lipinski definition) is 2. The van der Waals surface area contributed by atoms with Gasteiger partial charge in [-0.15, -0.1) is 0 Å². The molecule has 0 heterocycles. The third-order valence-corrected chi connectivity index (χ3v) is 3.78. The van der Waals surface area contributed by atoms with Crippen LogP contribution in [0.3, 0.4) is 0 Å². The molecule has 2 rings (SSSR count). The molecule has 0 spiro atoms. The summed E-state index contributed by atoms with van der Waals surface area (Å²) in [7, 11) is 1.66. The second kappa shape index (κ2) is 8.34. The van der Waals surface area contributed by atoms with Crippen molar-refractivity contribution in [3.8, 4) is 5.75 Å². The van der Waals surface area contributed by atoms with E-state index in [1.54, 1.807) is 7.11 Å². The lowest BCUT2D eigenvalue weighted by Crippen LogP contribution is -2.30. The Morgan fingerprint density at radius 3 is 2.30 bits per heavy atom. The van der Waals surface area contributed by atoms with E-state index in [1.165, 1.54) is 5.56 Å². The van der Waals surface area contributed by atoms with E-state index in [9.17, 15) is 4.79 Å². The Morgan fingerprint density at radius 1 is 1.04 bits per heavy atom. The number of carbonyl (C=O) groups excluding carboxylic acids is 1. The normalized spacial score (nSPS) is 10.4. The van der Waals surface area contributed by atoms with E-state index in [2.05, 4.69) is 10.6 Å². The number of para-hydroxylation sites is 1. The van der Waals surface area contributed by atoms with E-state index in [-0.39, 0.29) is 5.91 Å². The number of benzene rings is 2. The Hall–Kier alpha value is -2.33. The van der Waals surface area contributed by atoms with Gasteiger partial charge in [0.25, 0.3) is 0 Å². The van der Waals surface area contributed by atoms with Crippen LogP contribution >= 0.6 is 0 Å². The molecule has 0 unspecified atom stereocenters. The predicted octanol–water partition coefficient (Wildman–Crippen LogP) is 3.08. The van der Waals surface area contributed by atoms with Crippen LogP contribution in [0.5, 0.6) is 5.75 Å². The summed E-state index contributed by atoms with van der Waals surface area (Å²) in [6.07, 6.45) is 0.876. The molecule has 0 fully saturated rings. The zero-order valence-corrected chi connectivity index (χ0v) is 14.0. The monoisotopic (exact) mass is 312 g/mol. The summed E-state index contributed by atoms with van der Waals surface area (Å²) >= 11 is 0. The van der Waals surface area contributed by atoms with Gasteiger partial charge in [0.1, 0.15) is 5.75 Å². The fourth-order valence-electron chi connectivity index (χ4n) is 2.42. The topological polar surface area (TPSA) is 50.4 Å². The van der Waals surface area contributed by atoms with Crippen LogP contribution in [0.15, 0.2) is 42.5 Å². The molecule has 122 valence electrons. The van der Waals surface area contributed by atoms with Crippen LogP contribution in [0.4, 0.5) is 5.69 Å². The van der Waals surface area contributed by atoms with Crippen molar-refractivity contribution in [2.45, 2.75) is 20.3 Å². The van der Waals surface area contributed by atoms with Crippen LogP contribution in [-0.4, -0.2) is 26.1 Å². The third-order valence-electron chi connectivity index (χ3n) is 3.78. The van der Waals surface area contributed by atoms with Gasteiger partial charge in [-0.2, -0.15) is 0 Å². The van der Waals surface area contributed by atoms with Crippen molar-refractivity contribution >= 4 is 11.6 Å². The minimum absolute atomic E-state index is 0.0165. The second-order valence-corrected chi connectivity index (χ2v) is 5.59. The van der Waals surface area contributed by atoms with Gasteiger partial charge >= 0.3 is 0 Å². The van der Waals surface area contributed by atoms with Crippen LogP contribution in [-0.2, 0) is 11.2 Å². The number of hydrogen-bond acceptors (Lipinski definition) is 3. The van der Waals surface area contributed by atoms with Gasteiger partial charge in [0.15, 0.2) is 0 Å². The number of rotatable bonds is 7. The highest BCUT2D eigenvalue weighted by Gasteiger charge is 2.06. The number of amides is 1. The Labute approximate surface area is 137 Å². The fraction of sp³-hybridized carbons (Fsp3) is 0.316. The molecular formula is C19H24N2O2. The van der Waals surface area contributed by atoms with Crippen molar-refractivity contribution < 1.29 is 9.53 Å². The molecule has 2 aromatic carbocycles. The molecule has 23 heavy (non-hydrogen) atoms. The Kier molecular flexibility index (Phi) is 6.18. The molecule has 0 aliphatic rings. The largest absolute Gasteiger partial charge is 0.497 e. The van der Waals surface area contributed by atoms with Crippen LogP contribution in [0, 0.1) is 13.8 Å². The van der Waals surface area contributed by atoms with E-state index in [0.29, 0.717) is 6.54 Å². The highest BCUT2D eigenvalue weighted by molar-refractivity contribution is 5.93. The summed E-state index contributed by atoms with van der Waals surface area (Å²) in [5, 5.41) is 6.15. The first kappa shape index (κ1) is 17.0. The fourth-order valence-corrected chi connectivity index (χ4v) is 2.42. The van der Waals surface area contributed by atoms with Crippen molar-refractivity contribution in [3.05, 3.63) is 59.2 Å². The summed E-state index contributed by atoms with van der Waals surface area (Å²) in [5.74, 6) is 0.840. The molecule has 0 radical (unpaired) electrons. The lowest BCUT2D eigenvalue weighted by molar-refractivity contribution is -0.115. The van der Waals surface area contributed by atoms with Crippen molar-refractivity contribution in [1.29, 1.82) is 0 Å². The number of aryl methyl sites for hydroxylation is 2. The van der Waals surface area contributed by atoms with Crippen molar-refractivity contribution in [2.24, 2.45) is 0 Å². The number of ether oxygens (including phenoxy) is 1. The highest BCUT2D eigenvalue weighted by atomic mass is 16.5. The van der Waals surface area contributed by atoms with E-state index in [0.717, 1.165) is 35.5 Å².